The van der Waals surface area contributed by atoms with Crippen LogP contribution < -0.4 is 14.8 Å². The van der Waals surface area contributed by atoms with Crippen molar-refractivity contribution in [1.29, 1.82) is 0 Å². The van der Waals surface area contributed by atoms with Gasteiger partial charge in [0.15, 0.2) is 11.5 Å². The van der Waals surface area contributed by atoms with Gasteiger partial charge in [-0.3, -0.25) is 4.79 Å². The number of methoxy groups -OCH3 is 1. The van der Waals surface area contributed by atoms with Crippen LogP contribution in [-0.2, 0) is 13.0 Å². The molecular weight excluding hydrogens is 450 g/mol. The Morgan fingerprint density at radius 3 is 2.61 bits per heavy atom. The molecule has 186 valence electrons. The van der Waals surface area contributed by atoms with E-state index in [9.17, 15) is 4.79 Å². The average Bonchev–Trinajstić information content (AvgIpc) is 3.28. The number of nitrogens with zero attached hydrogens (tertiary/aromatic N) is 2. The molecular formula is C30H33N3O3. The summed E-state index contributed by atoms with van der Waals surface area (Å²) in [6.45, 7) is 7.13. The Balaban J connectivity index is 1.40. The number of carbonyl (C=O) groups is 1. The number of unbranched alkanes of at least 4 members (excludes halogenated alkanes) is 1. The summed E-state index contributed by atoms with van der Waals surface area (Å²) in [5.74, 6) is 2.22. The summed E-state index contributed by atoms with van der Waals surface area (Å²) in [6.07, 6.45) is 4.44. The lowest BCUT2D eigenvalue weighted by Crippen LogP contribution is -2.28. The number of hydrogen-bond acceptors (Lipinski definition) is 4. The molecule has 0 radical (unpaired) electrons. The van der Waals surface area contributed by atoms with Gasteiger partial charge in [0.2, 0.25) is 0 Å². The molecule has 0 aliphatic heterocycles. The molecule has 1 unspecified atom stereocenters. The van der Waals surface area contributed by atoms with Gasteiger partial charge >= 0.3 is 0 Å². The van der Waals surface area contributed by atoms with Crippen LogP contribution in [0.4, 0.5) is 0 Å². The number of imidazole rings is 1. The van der Waals surface area contributed by atoms with E-state index in [2.05, 4.69) is 22.5 Å². The summed E-state index contributed by atoms with van der Waals surface area (Å²) < 4.78 is 13.7. The normalized spacial score (nSPS) is 11.7. The number of carbonyl (C=O) groups excluding carboxylic acids is 1. The summed E-state index contributed by atoms with van der Waals surface area (Å²) >= 11 is 0. The smallest absolute Gasteiger partial charge is 0.251 e. The van der Waals surface area contributed by atoms with Gasteiger partial charge in [0.05, 0.1) is 30.8 Å². The second-order valence-corrected chi connectivity index (χ2v) is 8.71. The maximum absolute atomic E-state index is 12.7. The molecule has 36 heavy (non-hydrogen) atoms. The molecule has 0 bridgehead atoms. The van der Waals surface area contributed by atoms with Crippen molar-refractivity contribution in [2.75, 3.05) is 13.7 Å². The number of benzene rings is 3. The fraction of sp³-hybridized carbons (Fsp3) is 0.267. The van der Waals surface area contributed by atoms with Gasteiger partial charge < -0.3 is 19.4 Å². The summed E-state index contributed by atoms with van der Waals surface area (Å²) in [4.78, 5) is 17.6. The first kappa shape index (κ1) is 25.0. The van der Waals surface area contributed by atoms with Crippen molar-refractivity contribution in [3.8, 4) is 11.5 Å². The lowest BCUT2D eigenvalue weighted by atomic mass is 10.1. The Bertz CT molecular complexity index is 1310. The third-order valence-electron chi connectivity index (χ3n) is 6.10. The molecule has 0 saturated heterocycles. The highest BCUT2D eigenvalue weighted by Crippen LogP contribution is 2.29. The van der Waals surface area contributed by atoms with Gasteiger partial charge in [-0.2, -0.15) is 0 Å². The van der Waals surface area contributed by atoms with E-state index in [4.69, 9.17) is 14.5 Å². The molecule has 1 heterocycles. The van der Waals surface area contributed by atoms with Crippen LogP contribution in [0.15, 0.2) is 85.5 Å². The van der Waals surface area contributed by atoms with Crippen molar-refractivity contribution in [1.82, 2.24) is 14.9 Å². The number of aromatic nitrogens is 2. The van der Waals surface area contributed by atoms with E-state index in [1.165, 1.54) is 0 Å². The number of nitrogens with one attached hydrogen (secondary N) is 1. The van der Waals surface area contributed by atoms with Gasteiger partial charge in [0.1, 0.15) is 5.82 Å². The van der Waals surface area contributed by atoms with Crippen LogP contribution in [0.2, 0.25) is 0 Å². The fourth-order valence-electron chi connectivity index (χ4n) is 4.27. The zero-order valence-corrected chi connectivity index (χ0v) is 20.9. The highest BCUT2D eigenvalue weighted by molar-refractivity contribution is 5.94. The van der Waals surface area contributed by atoms with Gasteiger partial charge in [-0.25, -0.2) is 4.98 Å². The SMILES string of the molecule is C=CCc1ccc(OCCCCn2c(C(C)NC(=O)c3ccccc3)nc3ccccc32)c(OC)c1. The molecule has 0 spiro atoms. The number of ether oxygens (including phenoxy) is 2. The topological polar surface area (TPSA) is 65.4 Å². The molecule has 0 aliphatic carbocycles. The van der Waals surface area contributed by atoms with Crippen molar-refractivity contribution in [2.45, 2.75) is 38.8 Å². The maximum Gasteiger partial charge on any atom is 0.251 e. The van der Waals surface area contributed by atoms with Gasteiger partial charge in [-0.1, -0.05) is 42.5 Å². The molecule has 1 N–H and O–H groups in total. The fourth-order valence-corrected chi connectivity index (χ4v) is 4.27. The molecule has 1 atom stereocenters. The standard InChI is InChI=1S/C30H33N3O3/c1-4-12-23-17-18-27(28(21-23)35-3)36-20-11-10-19-33-26-16-9-8-15-25(26)32-29(33)22(2)31-30(34)24-13-6-5-7-14-24/h4-9,13-18,21-22H,1,10-12,19-20H2,2-3H3,(H,31,34). The van der Waals surface area contributed by atoms with Crippen molar-refractivity contribution >= 4 is 16.9 Å². The highest BCUT2D eigenvalue weighted by Gasteiger charge is 2.19. The average molecular weight is 484 g/mol. The zero-order chi connectivity index (χ0) is 25.3. The Labute approximate surface area is 212 Å². The largest absolute Gasteiger partial charge is 0.493 e. The van der Waals surface area contributed by atoms with Crippen LogP contribution in [0.3, 0.4) is 0 Å². The number of aryl methyl sites for hydroxylation is 1. The number of fused-ring (bicyclic) bond motifs is 1. The third kappa shape index (κ3) is 5.95. The Kier molecular flexibility index (Phi) is 8.40. The first-order valence-electron chi connectivity index (χ1n) is 12.3. The second kappa shape index (κ2) is 12.1. The minimum absolute atomic E-state index is 0.108. The summed E-state index contributed by atoms with van der Waals surface area (Å²) in [5, 5.41) is 3.10. The lowest BCUT2D eigenvalue weighted by Gasteiger charge is -2.17. The lowest BCUT2D eigenvalue weighted by molar-refractivity contribution is 0.0937. The Morgan fingerprint density at radius 1 is 1.06 bits per heavy atom. The van der Waals surface area contributed by atoms with E-state index < -0.39 is 0 Å². The van der Waals surface area contributed by atoms with Crippen LogP contribution in [0.25, 0.3) is 11.0 Å². The predicted molar refractivity (Wildman–Crippen MR) is 144 cm³/mol. The summed E-state index contributed by atoms with van der Waals surface area (Å²) in [6, 6.07) is 23.1. The Morgan fingerprint density at radius 2 is 1.83 bits per heavy atom. The number of hydrogen-bond donors (Lipinski definition) is 1. The summed E-state index contributed by atoms with van der Waals surface area (Å²) in [7, 11) is 1.66. The van der Waals surface area contributed by atoms with Gasteiger partial charge in [-0.15, -0.1) is 6.58 Å². The van der Waals surface area contributed by atoms with Crippen LogP contribution in [0.1, 0.15) is 47.6 Å². The van der Waals surface area contributed by atoms with Crippen LogP contribution in [0.5, 0.6) is 11.5 Å². The van der Waals surface area contributed by atoms with Crippen molar-refractivity contribution in [3.63, 3.8) is 0 Å². The Hall–Kier alpha value is -4.06. The molecule has 0 saturated carbocycles. The zero-order valence-electron chi connectivity index (χ0n) is 20.9. The number of para-hydroxylation sites is 2. The van der Waals surface area contributed by atoms with Crippen molar-refractivity contribution < 1.29 is 14.3 Å². The van der Waals surface area contributed by atoms with Gasteiger partial charge in [-0.05, 0) is 68.1 Å². The van der Waals surface area contributed by atoms with Crippen molar-refractivity contribution in [3.05, 3.63) is 102 Å². The van der Waals surface area contributed by atoms with Crippen LogP contribution >= 0.6 is 0 Å². The maximum atomic E-state index is 12.7. The first-order chi connectivity index (χ1) is 17.6. The van der Waals surface area contributed by atoms with Crippen LogP contribution in [0, 0.1) is 0 Å². The number of rotatable bonds is 12. The third-order valence-corrected chi connectivity index (χ3v) is 6.10. The van der Waals surface area contributed by atoms with E-state index in [0.717, 1.165) is 59.7 Å². The minimum Gasteiger partial charge on any atom is -0.493 e. The molecule has 1 amide bonds. The molecule has 6 heteroatoms. The van der Waals surface area contributed by atoms with E-state index in [1.54, 1.807) is 7.11 Å². The minimum atomic E-state index is -0.236. The molecule has 1 aromatic heterocycles. The van der Waals surface area contributed by atoms with Crippen molar-refractivity contribution in [2.24, 2.45) is 0 Å². The quantitative estimate of drug-likeness (QED) is 0.195. The van der Waals surface area contributed by atoms with Crippen LogP contribution in [-0.4, -0.2) is 29.2 Å². The summed E-state index contributed by atoms with van der Waals surface area (Å²) in [5.41, 5.74) is 3.77. The number of amides is 1. The molecule has 6 nitrogen and oxygen atoms in total. The highest BCUT2D eigenvalue weighted by atomic mass is 16.5. The van der Waals surface area contributed by atoms with Gasteiger partial charge in [0.25, 0.3) is 5.91 Å². The predicted octanol–water partition coefficient (Wildman–Crippen LogP) is 6.12. The molecule has 4 rings (SSSR count). The molecule has 0 aliphatic rings. The first-order valence-corrected chi connectivity index (χ1v) is 12.3. The van der Waals surface area contributed by atoms with E-state index in [0.29, 0.717) is 12.2 Å². The second-order valence-electron chi connectivity index (χ2n) is 8.71. The monoisotopic (exact) mass is 483 g/mol. The van der Waals surface area contributed by atoms with E-state index in [-0.39, 0.29) is 11.9 Å². The van der Waals surface area contributed by atoms with Gasteiger partial charge in [0, 0.05) is 12.1 Å². The molecule has 4 aromatic rings. The number of allylic oxidation sites excluding steroid dienone is 1. The van der Waals surface area contributed by atoms with E-state index in [1.807, 2.05) is 79.7 Å². The molecule has 0 fully saturated rings. The van der Waals surface area contributed by atoms with E-state index >= 15 is 0 Å². The molecule has 3 aromatic carbocycles.